The third-order valence-corrected chi connectivity index (χ3v) is 7.51. The molecule has 0 radical (unpaired) electrons. The summed E-state index contributed by atoms with van der Waals surface area (Å²) in [6.45, 7) is 11.9. The predicted molar refractivity (Wildman–Crippen MR) is 133 cm³/mol. The molecule has 172 valence electrons. The molecular weight excluding hydrogens is 394 g/mol. The third-order valence-electron chi connectivity index (χ3n) is 7.51. The van der Waals surface area contributed by atoms with E-state index in [1.54, 1.807) is 0 Å². The molecule has 2 fully saturated rings. The number of nitrogens with zero attached hydrogens (tertiary/aromatic N) is 2. The van der Waals surface area contributed by atoms with Gasteiger partial charge in [-0.1, -0.05) is 43.3 Å². The summed E-state index contributed by atoms with van der Waals surface area (Å²) in [5.41, 5.74) is 5.23. The number of aryl methyl sites for hydroxylation is 1. The Balaban J connectivity index is 1.24. The molecule has 0 spiro atoms. The summed E-state index contributed by atoms with van der Waals surface area (Å²) in [4.78, 5) is 17.9. The van der Waals surface area contributed by atoms with Gasteiger partial charge in [-0.05, 0) is 87.4 Å². The highest BCUT2D eigenvalue weighted by atomic mass is 16.1. The number of benzene rings is 2. The van der Waals surface area contributed by atoms with E-state index < -0.39 is 0 Å². The van der Waals surface area contributed by atoms with Crippen molar-refractivity contribution < 1.29 is 4.79 Å². The quantitative estimate of drug-likeness (QED) is 0.670. The van der Waals surface area contributed by atoms with Crippen molar-refractivity contribution in [3.8, 4) is 0 Å². The Morgan fingerprint density at radius 3 is 2.28 bits per heavy atom. The number of rotatable bonds is 6. The second-order valence-corrected chi connectivity index (χ2v) is 9.97. The van der Waals surface area contributed by atoms with Crippen LogP contribution in [0.5, 0.6) is 0 Å². The van der Waals surface area contributed by atoms with E-state index in [4.69, 9.17) is 0 Å². The molecule has 0 bridgehead atoms. The van der Waals surface area contributed by atoms with Gasteiger partial charge in [-0.15, -0.1) is 0 Å². The van der Waals surface area contributed by atoms with Crippen LogP contribution in [0.3, 0.4) is 0 Å². The van der Waals surface area contributed by atoms with Crippen molar-refractivity contribution in [3.63, 3.8) is 0 Å². The fraction of sp³-hybridized carbons (Fsp3) is 0.536. The molecule has 2 aliphatic heterocycles. The first-order valence-electron chi connectivity index (χ1n) is 12.4. The first-order chi connectivity index (χ1) is 15.5. The molecule has 4 heteroatoms. The smallest absolute Gasteiger partial charge is 0.223 e. The van der Waals surface area contributed by atoms with Gasteiger partial charge in [0.2, 0.25) is 5.91 Å². The molecule has 2 heterocycles. The minimum Gasteiger partial charge on any atom is -0.372 e. The second-order valence-electron chi connectivity index (χ2n) is 9.97. The van der Waals surface area contributed by atoms with E-state index in [1.165, 1.54) is 35.2 Å². The lowest BCUT2D eigenvalue weighted by Gasteiger charge is -2.33. The Morgan fingerprint density at radius 1 is 0.969 bits per heavy atom. The monoisotopic (exact) mass is 433 g/mol. The topological polar surface area (TPSA) is 35.6 Å². The first kappa shape index (κ1) is 22.8. The van der Waals surface area contributed by atoms with Gasteiger partial charge < -0.3 is 10.2 Å². The van der Waals surface area contributed by atoms with Gasteiger partial charge in [-0.2, -0.15) is 0 Å². The number of likely N-dealkylation sites (tertiary alicyclic amines) is 1. The van der Waals surface area contributed by atoms with Crippen LogP contribution in [0.1, 0.15) is 62.3 Å². The summed E-state index contributed by atoms with van der Waals surface area (Å²) in [7, 11) is 0. The lowest BCUT2D eigenvalue weighted by molar-refractivity contribution is -0.127. The number of carbonyl (C=O) groups excluding carboxylic acids is 1. The van der Waals surface area contributed by atoms with E-state index in [0.29, 0.717) is 0 Å². The molecule has 1 amide bonds. The number of amides is 1. The van der Waals surface area contributed by atoms with Gasteiger partial charge in [-0.25, -0.2) is 0 Å². The number of hydrogen-bond acceptors (Lipinski definition) is 3. The van der Waals surface area contributed by atoms with E-state index in [0.717, 1.165) is 51.5 Å². The van der Waals surface area contributed by atoms with E-state index in [-0.39, 0.29) is 17.9 Å². The summed E-state index contributed by atoms with van der Waals surface area (Å²) in [6, 6.07) is 17.5. The van der Waals surface area contributed by atoms with Gasteiger partial charge in [0, 0.05) is 31.2 Å². The number of nitrogens with one attached hydrogen (secondary N) is 1. The molecule has 1 N–H and O–H groups in total. The normalized spacial score (nSPS) is 19.7. The Kier molecular flexibility index (Phi) is 7.51. The first-order valence-corrected chi connectivity index (χ1v) is 12.4. The fourth-order valence-electron chi connectivity index (χ4n) is 5.04. The zero-order valence-corrected chi connectivity index (χ0v) is 20.0. The molecule has 0 aliphatic carbocycles. The average Bonchev–Trinajstić information content (AvgIpc) is 2.81. The summed E-state index contributed by atoms with van der Waals surface area (Å²) >= 11 is 0. The summed E-state index contributed by atoms with van der Waals surface area (Å²) in [6.07, 6.45) is 4.43. The van der Waals surface area contributed by atoms with Crippen LogP contribution >= 0.6 is 0 Å². The number of anilines is 1. The summed E-state index contributed by atoms with van der Waals surface area (Å²) < 4.78 is 0. The van der Waals surface area contributed by atoms with Crippen molar-refractivity contribution in [2.24, 2.45) is 11.8 Å². The molecule has 2 aromatic rings. The Labute approximate surface area is 194 Å². The summed E-state index contributed by atoms with van der Waals surface area (Å²) in [5.74, 6) is 1.18. The van der Waals surface area contributed by atoms with Crippen LogP contribution in [0.2, 0.25) is 0 Å². The Morgan fingerprint density at radius 2 is 1.62 bits per heavy atom. The molecule has 0 aromatic heterocycles. The highest BCUT2D eigenvalue weighted by Gasteiger charge is 2.26. The Bertz CT molecular complexity index is 878. The second kappa shape index (κ2) is 10.5. The molecule has 4 nitrogen and oxygen atoms in total. The van der Waals surface area contributed by atoms with Crippen molar-refractivity contribution in [2.75, 3.05) is 31.1 Å². The van der Waals surface area contributed by atoms with Gasteiger partial charge in [0.1, 0.15) is 0 Å². The van der Waals surface area contributed by atoms with Gasteiger partial charge in [0.15, 0.2) is 0 Å². The molecule has 2 saturated heterocycles. The van der Waals surface area contributed by atoms with Gasteiger partial charge >= 0.3 is 0 Å². The molecule has 0 saturated carbocycles. The number of piperidine rings is 2. The lowest BCUT2D eigenvalue weighted by atomic mass is 9.94. The summed E-state index contributed by atoms with van der Waals surface area (Å²) in [5, 5.41) is 3.27. The van der Waals surface area contributed by atoms with Crippen LogP contribution in [0, 0.1) is 18.8 Å². The maximum atomic E-state index is 12.9. The third kappa shape index (κ3) is 5.72. The SMILES string of the molecule is Cc1ccccc1CN1CCC(C(=O)NC(C)c2ccc(N3CCC(C)CC3)cc2)CC1. The van der Waals surface area contributed by atoms with Gasteiger partial charge in [-0.3, -0.25) is 9.69 Å². The van der Waals surface area contributed by atoms with Crippen molar-refractivity contribution in [1.29, 1.82) is 0 Å². The van der Waals surface area contributed by atoms with Crippen molar-refractivity contribution in [1.82, 2.24) is 10.2 Å². The molecular formula is C28H39N3O. The van der Waals surface area contributed by atoms with Crippen LogP contribution in [0.4, 0.5) is 5.69 Å². The number of hydrogen-bond donors (Lipinski definition) is 1. The molecule has 2 aromatic carbocycles. The van der Waals surface area contributed by atoms with Crippen LogP contribution < -0.4 is 10.2 Å². The predicted octanol–water partition coefficient (Wildman–Crippen LogP) is 5.32. The molecule has 4 rings (SSSR count). The van der Waals surface area contributed by atoms with Gasteiger partial charge in [0.05, 0.1) is 6.04 Å². The highest BCUT2D eigenvalue weighted by molar-refractivity contribution is 5.79. The van der Waals surface area contributed by atoms with Crippen LogP contribution in [-0.2, 0) is 11.3 Å². The van der Waals surface area contributed by atoms with E-state index in [9.17, 15) is 4.79 Å². The number of carbonyl (C=O) groups is 1. The van der Waals surface area contributed by atoms with Crippen molar-refractivity contribution in [2.45, 2.75) is 59.0 Å². The molecule has 32 heavy (non-hydrogen) atoms. The lowest BCUT2D eigenvalue weighted by Crippen LogP contribution is -2.41. The van der Waals surface area contributed by atoms with E-state index in [1.807, 2.05) is 0 Å². The van der Waals surface area contributed by atoms with E-state index in [2.05, 4.69) is 84.4 Å². The van der Waals surface area contributed by atoms with Crippen LogP contribution in [-0.4, -0.2) is 37.0 Å². The zero-order chi connectivity index (χ0) is 22.5. The van der Waals surface area contributed by atoms with Crippen molar-refractivity contribution >= 4 is 11.6 Å². The standard InChI is InChI=1S/C28H39N3O/c1-21-12-18-31(19-13-21)27-10-8-24(9-11-27)23(3)29-28(32)25-14-16-30(17-15-25)20-26-7-5-4-6-22(26)2/h4-11,21,23,25H,12-20H2,1-3H3,(H,29,32). The van der Waals surface area contributed by atoms with Gasteiger partial charge in [0.25, 0.3) is 0 Å². The molecule has 2 aliphatic rings. The van der Waals surface area contributed by atoms with Crippen LogP contribution in [0.15, 0.2) is 48.5 Å². The maximum absolute atomic E-state index is 12.9. The largest absolute Gasteiger partial charge is 0.372 e. The fourth-order valence-corrected chi connectivity index (χ4v) is 5.04. The molecule has 1 unspecified atom stereocenters. The van der Waals surface area contributed by atoms with Crippen LogP contribution in [0.25, 0.3) is 0 Å². The minimum atomic E-state index is 0.0444. The van der Waals surface area contributed by atoms with Crippen molar-refractivity contribution in [3.05, 3.63) is 65.2 Å². The highest BCUT2D eigenvalue weighted by Crippen LogP contribution is 2.26. The maximum Gasteiger partial charge on any atom is 0.223 e. The average molecular weight is 434 g/mol. The molecule has 1 atom stereocenters. The Hall–Kier alpha value is -2.33. The van der Waals surface area contributed by atoms with E-state index >= 15 is 0 Å². The minimum absolute atomic E-state index is 0.0444. The zero-order valence-electron chi connectivity index (χ0n) is 20.0.